The zero-order valence-electron chi connectivity index (χ0n) is 11.5. The molecular formula is C13H15F3N2O3. The second-order valence-corrected chi connectivity index (χ2v) is 4.43. The first-order chi connectivity index (χ1) is 9.77. The van der Waals surface area contributed by atoms with Gasteiger partial charge in [-0.3, -0.25) is 4.79 Å². The summed E-state index contributed by atoms with van der Waals surface area (Å²) in [5.41, 5.74) is -0.514. The van der Waals surface area contributed by atoms with Crippen LogP contribution in [0, 0.1) is 23.4 Å². The molecule has 0 aromatic heterocycles. The summed E-state index contributed by atoms with van der Waals surface area (Å²) in [6, 6.07) is 0.778. The van der Waals surface area contributed by atoms with Gasteiger partial charge < -0.3 is 15.3 Å². The third kappa shape index (κ3) is 4.11. The highest BCUT2D eigenvalue weighted by molar-refractivity contribution is 5.89. The van der Waals surface area contributed by atoms with E-state index in [4.69, 9.17) is 5.11 Å². The fourth-order valence-corrected chi connectivity index (χ4v) is 1.58. The number of benzene rings is 1. The molecule has 0 heterocycles. The molecule has 5 nitrogen and oxygen atoms in total. The molecular weight excluding hydrogens is 289 g/mol. The van der Waals surface area contributed by atoms with Crippen molar-refractivity contribution in [3.05, 3.63) is 29.6 Å². The van der Waals surface area contributed by atoms with Crippen molar-refractivity contribution in [2.45, 2.75) is 13.8 Å². The maximum atomic E-state index is 13.4. The zero-order chi connectivity index (χ0) is 16.2. The quantitative estimate of drug-likeness (QED) is 0.822. The van der Waals surface area contributed by atoms with Crippen LogP contribution >= 0.6 is 0 Å². The number of carbonyl (C=O) groups excluding carboxylic acids is 1. The minimum Gasteiger partial charge on any atom is -0.481 e. The van der Waals surface area contributed by atoms with Gasteiger partial charge in [0, 0.05) is 13.1 Å². The lowest BCUT2D eigenvalue weighted by Gasteiger charge is -2.23. The summed E-state index contributed by atoms with van der Waals surface area (Å²) in [5, 5.41) is 10.9. The van der Waals surface area contributed by atoms with Crippen LogP contribution in [-0.2, 0) is 4.79 Å². The molecule has 0 aliphatic rings. The van der Waals surface area contributed by atoms with Gasteiger partial charge in [-0.15, -0.1) is 0 Å². The van der Waals surface area contributed by atoms with Gasteiger partial charge in [-0.1, -0.05) is 6.92 Å². The number of hydrogen-bond acceptors (Lipinski definition) is 2. The zero-order valence-corrected chi connectivity index (χ0v) is 11.5. The van der Waals surface area contributed by atoms with Gasteiger partial charge in [0.25, 0.3) is 0 Å². The summed E-state index contributed by atoms with van der Waals surface area (Å²) in [6.45, 7) is 3.10. The van der Waals surface area contributed by atoms with E-state index in [-0.39, 0.29) is 13.1 Å². The molecule has 2 N–H and O–H groups in total. The van der Waals surface area contributed by atoms with E-state index >= 15 is 0 Å². The molecule has 116 valence electrons. The van der Waals surface area contributed by atoms with Crippen LogP contribution in [0.25, 0.3) is 0 Å². The van der Waals surface area contributed by atoms with E-state index in [1.54, 1.807) is 6.92 Å². The van der Waals surface area contributed by atoms with Crippen molar-refractivity contribution in [2.75, 3.05) is 18.4 Å². The standard InChI is InChI=1S/C13H15F3N2O3/c1-3-18(6-7(2)12(19)20)13(21)17-9-5-4-8(14)10(15)11(9)16/h4-5,7H,3,6H2,1-2H3,(H,17,21)(H,19,20). The third-order valence-corrected chi connectivity index (χ3v) is 2.86. The number of rotatable bonds is 5. The average Bonchev–Trinajstić information content (AvgIpc) is 2.44. The summed E-state index contributed by atoms with van der Waals surface area (Å²) in [6.07, 6.45) is 0. The van der Waals surface area contributed by atoms with E-state index in [2.05, 4.69) is 5.32 Å². The van der Waals surface area contributed by atoms with Gasteiger partial charge in [0.05, 0.1) is 11.6 Å². The van der Waals surface area contributed by atoms with E-state index in [1.165, 1.54) is 6.92 Å². The number of anilines is 1. The Labute approximate surface area is 119 Å². The maximum Gasteiger partial charge on any atom is 0.321 e. The average molecular weight is 304 g/mol. The van der Waals surface area contributed by atoms with Crippen molar-refractivity contribution in [2.24, 2.45) is 5.92 Å². The largest absolute Gasteiger partial charge is 0.481 e. The van der Waals surface area contributed by atoms with Crippen LogP contribution in [0.4, 0.5) is 23.7 Å². The number of urea groups is 1. The van der Waals surface area contributed by atoms with Crippen molar-refractivity contribution in [1.29, 1.82) is 0 Å². The highest BCUT2D eigenvalue weighted by atomic mass is 19.2. The Hall–Kier alpha value is -2.25. The molecule has 1 aromatic rings. The number of amides is 2. The van der Waals surface area contributed by atoms with E-state index in [1.807, 2.05) is 0 Å². The molecule has 1 aromatic carbocycles. The lowest BCUT2D eigenvalue weighted by atomic mass is 10.2. The normalized spacial score (nSPS) is 11.9. The summed E-state index contributed by atoms with van der Waals surface area (Å²) in [5.74, 6) is -6.46. The molecule has 0 saturated heterocycles. The summed E-state index contributed by atoms with van der Waals surface area (Å²) in [4.78, 5) is 23.8. The minimum atomic E-state index is -1.69. The second-order valence-electron chi connectivity index (χ2n) is 4.43. The highest BCUT2D eigenvalue weighted by Crippen LogP contribution is 2.20. The van der Waals surface area contributed by atoms with Gasteiger partial charge in [-0.05, 0) is 19.1 Å². The third-order valence-electron chi connectivity index (χ3n) is 2.86. The van der Waals surface area contributed by atoms with E-state index < -0.39 is 41.1 Å². The molecule has 1 atom stereocenters. The maximum absolute atomic E-state index is 13.4. The summed E-state index contributed by atoms with van der Waals surface area (Å²) in [7, 11) is 0. The van der Waals surface area contributed by atoms with Crippen molar-refractivity contribution in [3.8, 4) is 0 Å². The second kappa shape index (κ2) is 6.96. The Morgan fingerprint density at radius 2 is 1.90 bits per heavy atom. The Balaban J connectivity index is 2.84. The van der Waals surface area contributed by atoms with Crippen LogP contribution in [0.1, 0.15) is 13.8 Å². The van der Waals surface area contributed by atoms with Crippen LogP contribution in [0.5, 0.6) is 0 Å². The number of nitrogens with one attached hydrogen (secondary N) is 1. The summed E-state index contributed by atoms with van der Waals surface area (Å²) < 4.78 is 39.3. The van der Waals surface area contributed by atoms with Gasteiger partial charge in [0.15, 0.2) is 17.5 Å². The highest BCUT2D eigenvalue weighted by Gasteiger charge is 2.21. The molecule has 2 amide bonds. The van der Waals surface area contributed by atoms with Crippen molar-refractivity contribution in [3.63, 3.8) is 0 Å². The van der Waals surface area contributed by atoms with Crippen molar-refractivity contribution < 1.29 is 27.9 Å². The first kappa shape index (κ1) is 16.8. The molecule has 0 bridgehead atoms. The van der Waals surface area contributed by atoms with Crippen LogP contribution in [-0.4, -0.2) is 35.1 Å². The fourth-order valence-electron chi connectivity index (χ4n) is 1.58. The Morgan fingerprint density at radius 1 is 1.29 bits per heavy atom. The molecule has 21 heavy (non-hydrogen) atoms. The number of carbonyl (C=O) groups is 2. The van der Waals surface area contributed by atoms with Crippen LogP contribution in [0.2, 0.25) is 0 Å². The number of nitrogens with zero attached hydrogens (tertiary/aromatic N) is 1. The van der Waals surface area contributed by atoms with Gasteiger partial charge >= 0.3 is 12.0 Å². The molecule has 0 aliphatic heterocycles. The van der Waals surface area contributed by atoms with E-state index in [0.717, 1.165) is 11.0 Å². The molecule has 0 saturated carbocycles. The number of aliphatic carboxylic acids is 1. The molecule has 0 aliphatic carbocycles. The lowest BCUT2D eigenvalue weighted by molar-refractivity contribution is -0.141. The fraction of sp³-hybridized carbons (Fsp3) is 0.385. The topological polar surface area (TPSA) is 69.6 Å². The first-order valence-corrected chi connectivity index (χ1v) is 6.20. The van der Waals surface area contributed by atoms with Gasteiger partial charge in [0.2, 0.25) is 0 Å². The van der Waals surface area contributed by atoms with Gasteiger partial charge in [0.1, 0.15) is 0 Å². The molecule has 0 spiro atoms. The smallest absolute Gasteiger partial charge is 0.321 e. The van der Waals surface area contributed by atoms with E-state index in [0.29, 0.717) is 6.07 Å². The molecule has 1 unspecified atom stereocenters. The molecule has 0 radical (unpaired) electrons. The van der Waals surface area contributed by atoms with Crippen LogP contribution < -0.4 is 5.32 Å². The lowest BCUT2D eigenvalue weighted by Crippen LogP contribution is -2.39. The van der Waals surface area contributed by atoms with Crippen LogP contribution in [0.3, 0.4) is 0 Å². The monoisotopic (exact) mass is 304 g/mol. The predicted molar refractivity (Wildman–Crippen MR) is 69.4 cm³/mol. The molecule has 8 heteroatoms. The van der Waals surface area contributed by atoms with Crippen LogP contribution in [0.15, 0.2) is 12.1 Å². The Kier molecular flexibility index (Phi) is 5.57. The SMILES string of the molecule is CCN(CC(C)C(=O)O)C(=O)Nc1ccc(F)c(F)c1F. The van der Waals surface area contributed by atoms with E-state index in [9.17, 15) is 22.8 Å². The van der Waals surface area contributed by atoms with Gasteiger partial charge in [-0.25, -0.2) is 18.0 Å². The number of halogens is 3. The number of carboxylic acids is 1. The predicted octanol–water partition coefficient (Wildman–Crippen LogP) is 2.68. The number of hydrogen-bond donors (Lipinski definition) is 2. The Bertz CT molecular complexity index is 552. The molecule has 0 fully saturated rings. The summed E-state index contributed by atoms with van der Waals surface area (Å²) >= 11 is 0. The molecule has 1 rings (SSSR count). The van der Waals surface area contributed by atoms with Gasteiger partial charge in [-0.2, -0.15) is 0 Å². The first-order valence-electron chi connectivity index (χ1n) is 6.20. The Morgan fingerprint density at radius 3 is 2.43 bits per heavy atom. The minimum absolute atomic E-state index is 0.0943. The number of carboxylic acid groups (broad SMARTS) is 1. The van der Waals surface area contributed by atoms with Crippen molar-refractivity contribution >= 4 is 17.7 Å². The van der Waals surface area contributed by atoms with Crippen molar-refractivity contribution in [1.82, 2.24) is 4.90 Å².